The van der Waals surface area contributed by atoms with E-state index in [0.717, 1.165) is 5.69 Å². The number of carbonyl (C=O) groups is 2. The fourth-order valence-corrected chi connectivity index (χ4v) is 2.07. The van der Waals surface area contributed by atoms with Crippen LogP contribution in [-0.4, -0.2) is 25.0 Å². The number of anilines is 2. The summed E-state index contributed by atoms with van der Waals surface area (Å²) in [7, 11) is 0. The molecule has 2 N–H and O–H groups in total. The topological polar surface area (TPSA) is 72.6 Å². The minimum atomic E-state index is -0.376. The molecular weight excluding hydrogens is 232 g/mol. The summed E-state index contributed by atoms with van der Waals surface area (Å²) in [6.45, 7) is 2.45. The van der Waals surface area contributed by atoms with Gasteiger partial charge in [0.2, 0.25) is 5.91 Å². The van der Waals surface area contributed by atoms with Crippen molar-refractivity contribution in [2.24, 2.45) is 5.92 Å². The van der Waals surface area contributed by atoms with E-state index in [9.17, 15) is 9.59 Å². The Morgan fingerprint density at radius 3 is 3.00 bits per heavy atom. The van der Waals surface area contributed by atoms with Crippen molar-refractivity contribution >= 4 is 23.3 Å². The summed E-state index contributed by atoms with van der Waals surface area (Å²) in [4.78, 5) is 25.1. The second-order valence-electron chi connectivity index (χ2n) is 4.25. The number of rotatable bonds is 3. The van der Waals surface area contributed by atoms with E-state index < -0.39 is 0 Å². The van der Waals surface area contributed by atoms with E-state index in [-0.39, 0.29) is 24.2 Å². The highest BCUT2D eigenvalue weighted by atomic mass is 16.5. The number of nitrogen functional groups attached to an aromatic ring is 1. The van der Waals surface area contributed by atoms with Gasteiger partial charge < -0.3 is 15.4 Å². The lowest BCUT2D eigenvalue weighted by Crippen LogP contribution is -2.26. The van der Waals surface area contributed by atoms with Crippen molar-refractivity contribution in [2.45, 2.75) is 13.3 Å². The fourth-order valence-electron chi connectivity index (χ4n) is 2.07. The van der Waals surface area contributed by atoms with Crippen LogP contribution in [0.1, 0.15) is 13.3 Å². The van der Waals surface area contributed by atoms with Crippen molar-refractivity contribution in [3.8, 4) is 0 Å². The standard InChI is InChI=1S/C13H16N2O3/c1-2-18-13(17)9-6-12(16)15(8-9)11-5-3-4-10(14)7-11/h3-5,7,9H,2,6,8,14H2,1H3/t9-/m0/s1. The van der Waals surface area contributed by atoms with Crippen molar-refractivity contribution in [1.82, 2.24) is 0 Å². The first-order valence-electron chi connectivity index (χ1n) is 5.94. The van der Waals surface area contributed by atoms with Crippen LogP contribution in [0.25, 0.3) is 0 Å². The van der Waals surface area contributed by atoms with E-state index >= 15 is 0 Å². The lowest BCUT2D eigenvalue weighted by Gasteiger charge is -2.16. The summed E-state index contributed by atoms with van der Waals surface area (Å²) in [5, 5.41) is 0. The molecule has 96 valence electrons. The molecule has 0 spiro atoms. The first kappa shape index (κ1) is 12.4. The minimum absolute atomic E-state index is 0.0707. The van der Waals surface area contributed by atoms with Crippen molar-refractivity contribution in [2.75, 3.05) is 23.8 Å². The average Bonchev–Trinajstić information content (AvgIpc) is 2.72. The molecule has 1 aliphatic heterocycles. The van der Waals surface area contributed by atoms with Gasteiger partial charge >= 0.3 is 5.97 Å². The molecule has 5 heteroatoms. The molecule has 1 amide bonds. The van der Waals surface area contributed by atoms with Gasteiger partial charge in [0.1, 0.15) is 0 Å². The van der Waals surface area contributed by atoms with E-state index in [4.69, 9.17) is 10.5 Å². The molecule has 1 heterocycles. The number of nitrogens with zero attached hydrogens (tertiary/aromatic N) is 1. The zero-order chi connectivity index (χ0) is 13.1. The molecule has 5 nitrogen and oxygen atoms in total. The molecule has 1 saturated heterocycles. The zero-order valence-electron chi connectivity index (χ0n) is 10.3. The first-order valence-corrected chi connectivity index (χ1v) is 5.94. The number of carbonyl (C=O) groups excluding carboxylic acids is 2. The molecule has 0 aliphatic carbocycles. The van der Waals surface area contributed by atoms with Gasteiger partial charge in [-0.15, -0.1) is 0 Å². The highest BCUT2D eigenvalue weighted by Crippen LogP contribution is 2.26. The van der Waals surface area contributed by atoms with Gasteiger partial charge in [0.25, 0.3) is 0 Å². The maximum atomic E-state index is 11.9. The van der Waals surface area contributed by atoms with Crippen LogP contribution in [0, 0.1) is 5.92 Å². The number of hydrogen-bond acceptors (Lipinski definition) is 4. The highest BCUT2D eigenvalue weighted by Gasteiger charge is 2.35. The predicted molar refractivity (Wildman–Crippen MR) is 67.9 cm³/mol. The third-order valence-electron chi connectivity index (χ3n) is 2.93. The molecule has 0 aromatic heterocycles. The quantitative estimate of drug-likeness (QED) is 0.644. The zero-order valence-corrected chi connectivity index (χ0v) is 10.3. The number of benzene rings is 1. The molecule has 0 saturated carbocycles. The molecule has 0 bridgehead atoms. The van der Waals surface area contributed by atoms with Crippen LogP contribution in [0.5, 0.6) is 0 Å². The summed E-state index contributed by atoms with van der Waals surface area (Å²) in [5.41, 5.74) is 7.01. The van der Waals surface area contributed by atoms with Crippen LogP contribution >= 0.6 is 0 Å². The van der Waals surface area contributed by atoms with Gasteiger partial charge in [-0.3, -0.25) is 9.59 Å². The van der Waals surface area contributed by atoms with Crippen LogP contribution in [-0.2, 0) is 14.3 Å². The third-order valence-corrected chi connectivity index (χ3v) is 2.93. The smallest absolute Gasteiger partial charge is 0.311 e. The van der Waals surface area contributed by atoms with E-state index in [1.807, 2.05) is 6.07 Å². The summed E-state index contributed by atoms with van der Waals surface area (Å²) in [5.74, 6) is -0.755. The molecule has 18 heavy (non-hydrogen) atoms. The lowest BCUT2D eigenvalue weighted by atomic mass is 10.1. The van der Waals surface area contributed by atoms with E-state index in [1.54, 1.807) is 30.0 Å². The van der Waals surface area contributed by atoms with Crippen molar-refractivity contribution < 1.29 is 14.3 Å². The minimum Gasteiger partial charge on any atom is -0.466 e. The second-order valence-corrected chi connectivity index (χ2v) is 4.25. The SMILES string of the molecule is CCOC(=O)[C@H]1CC(=O)N(c2cccc(N)c2)C1. The molecule has 1 aliphatic rings. The first-order chi connectivity index (χ1) is 8.61. The Bertz CT molecular complexity index is 473. The highest BCUT2D eigenvalue weighted by molar-refractivity contribution is 5.99. The molecule has 2 rings (SSSR count). The maximum absolute atomic E-state index is 11.9. The van der Waals surface area contributed by atoms with Gasteiger partial charge in [-0.25, -0.2) is 0 Å². The Hall–Kier alpha value is -2.04. The van der Waals surface area contributed by atoms with Crippen LogP contribution in [0.4, 0.5) is 11.4 Å². The van der Waals surface area contributed by atoms with Crippen LogP contribution in [0.2, 0.25) is 0 Å². The lowest BCUT2D eigenvalue weighted by molar-refractivity contribution is -0.147. The monoisotopic (exact) mass is 248 g/mol. The normalized spacial score (nSPS) is 19.1. The Morgan fingerprint density at radius 1 is 1.56 bits per heavy atom. The van der Waals surface area contributed by atoms with E-state index in [1.165, 1.54) is 0 Å². The van der Waals surface area contributed by atoms with Crippen molar-refractivity contribution in [3.63, 3.8) is 0 Å². The fraction of sp³-hybridized carbons (Fsp3) is 0.385. The molecule has 1 fully saturated rings. The number of ether oxygens (including phenoxy) is 1. The average molecular weight is 248 g/mol. The Kier molecular flexibility index (Phi) is 3.50. The van der Waals surface area contributed by atoms with Crippen molar-refractivity contribution in [3.05, 3.63) is 24.3 Å². The Balaban J connectivity index is 2.12. The van der Waals surface area contributed by atoms with Crippen molar-refractivity contribution in [1.29, 1.82) is 0 Å². The van der Waals surface area contributed by atoms with E-state index in [2.05, 4.69) is 0 Å². The summed E-state index contributed by atoms with van der Waals surface area (Å²) in [6.07, 6.45) is 0.202. The largest absolute Gasteiger partial charge is 0.466 e. The number of amides is 1. The van der Waals surface area contributed by atoms with Gasteiger partial charge in [-0.2, -0.15) is 0 Å². The molecule has 1 atom stereocenters. The van der Waals surface area contributed by atoms with Gasteiger partial charge in [-0.05, 0) is 25.1 Å². The molecule has 1 aromatic carbocycles. The Morgan fingerprint density at radius 2 is 2.33 bits per heavy atom. The summed E-state index contributed by atoms with van der Waals surface area (Å²) in [6, 6.07) is 7.08. The second kappa shape index (κ2) is 5.08. The van der Waals surface area contributed by atoms with Crippen LogP contribution < -0.4 is 10.6 Å². The molecular formula is C13H16N2O3. The number of esters is 1. The number of hydrogen-bond donors (Lipinski definition) is 1. The van der Waals surface area contributed by atoms with Crippen LogP contribution in [0.3, 0.4) is 0 Å². The molecule has 0 radical (unpaired) electrons. The molecule has 1 aromatic rings. The number of nitrogens with two attached hydrogens (primary N) is 1. The summed E-state index contributed by atoms with van der Waals surface area (Å²) < 4.78 is 4.94. The maximum Gasteiger partial charge on any atom is 0.311 e. The Labute approximate surface area is 106 Å². The van der Waals surface area contributed by atoms with Gasteiger partial charge in [-0.1, -0.05) is 6.07 Å². The summed E-state index contributed by atoms with van der Waals surface area (Å²) >= 11 is 0. The van der Waals surface area contributed by atoms with Crippen LogP contribution in [0.15, 0.2) is 24.3 Å². The van der Waals surface area contributed by atoms with Gasteiger partial charge in [0.15, 0.2) is 0 Å². The predicted octanol–water partition coefficient (Wildman–Crippen LogP) is 1.18. The third kappa shape index (κ3) is 2.45. The van der Waals surface area contributed by atoms with Gasteiger partial charge in [0, 0.05) is 24.3 Å². The van der Waals surface area contributed by atoms with Gasteiger partial charge in [0.05, 0.1) is 12.5 Å². The van der Waals surface area contributed by atoms with E-state index in [0.29, 0.717) is 18.8 Å². The molecule has 0 unspecified atom stereocenters.